The molecule has 0 radical (unpaired) electrons. The van der Waals surface area contributed by atoms with Crippen molar-refractivity contribution in [2.75, 3.05) is 6.79 Å². The van der Waals surface area contributed by atoms with Gasteiger partial charge in [0, 0.05) is 6.42 Å². The van der Waals surface area contributed by atoms with Crippen molar-refractivity contribution < 1.29 is 23.5 Å². The Morgan fingerprint density at radius 2 is 1.91 bits per heavy atom. The van der Waals surface area contributed by atoms with Crippen LogP contribution in [0.2, 0.25) is 0 Å². The number of hydrogen-bond acceptors (Lipinski definition) is 4. The quantitative estimate of drug-likeness (QED) is 0.815. The molecular formula is C17H13FO4. The highest BCUT2D eigenvalue weighted by molar-refractivity contribution is 6.12. The van der Waals surface area contributed by atoms with E-state index in [2.05, 4.69) is 0 Å². The predicted octanol–water partition coefficient (Wildman–Crippen LogP) is 2.92. The minimum absolute atomic E-state index is 0.00356. The number of carbonyl (C=O) groups is 2. The van der Waals surface area contributed by atoms with Crippen LogP contribution in [0.1, 0.15) is 28.4 Å². The maximum absolute atomic E-state index is 13.9. The van der Waals surface area contributed by atoms with Crippen LogP contribution in [-0.2, 0) is 11.2 Å². The second-order valence-corrected chi connectivity index (χ2v) is 5.02. The van der Waals surface area contributed by atoms with Crippen molar-refractivity contribution in [3.63, 3.8) is 0 Å². The third-order valence-corrected chi connectivity index (χ3v) is 3.41. The van der Waals surface area contributed by atoms with Crippen LogP contribution >= 0.6 is 0 Å². The largest absolute Gasteiger partial charge is 0.454 e. The Hall–Kier alpha value is -2.69. The van der Waals surface area contributed by atoms with Gasteiger partial charge in [-0.05, 0) is 30.7 Å². The summed E-state index contributed by atoms with van der Waals surface area (Å²) in [5, 5.41) is 0. The maximum Gasteiger partial charge on any atom is 0.231 e. The molecule has 22 heavy (non-hydrogen) atoms. The van der Waals surface area contributed by atoms with Gasteiger partial charge in [-0.2, -0.15) is 0 Å². The number of Topliss-reactive ketones (excluding diaryl/α,β-unsaturated/α-hetero) is 1. The van der Waals surface area contributed by atoms with E-state index in [9.17, 15) is 14.0 Å². The maximum atomic E-state index is 13.9. The van der Waals surface area contributed by atoms with E-state index in [1.807, 2.05) is 0 Å². The minimum Gasteiger partial charge on any atom is -0.454 e. The van der Waals surface area contributed by atoms with Crippen molar-refractivity contribution in [1.82, 2.24) is 0 Å². The molecule has 0 amide bonds. The lowest BCUT2D eigenvalue weighted by atomic mass is 9.94. The first-order valence-corrected chi connectivity index (χ1v) is 6.78. The van der Waals surface area contributed by atoms with Gasteiger partial charge in [0.25, 0.3) is 0 Å². The lowest BCUT2D eigenvalue weighted by Gasteiger charge is -2.11. The topological polar surface area (TPSA) is 52.6 Å². The fraction of sp³-hybridized carbons (Fsp3) is 0.176. The monoisotopic (exact) mass is 300 g/mol. The van der Waals surface area contributed by atoms with Gasteiger partial charge in [0.2, 0.25) is 6.79 Å². The Morgan fingerprint density at radius 3 is 2.64 bits per heavy atom. The molecule has 1 aliphatic rings. The van der Waals surface area contributed by atoms with Gasteiger partial charge in [-0.1, -0.05) is 18.2 Å². The smallest absolute Gasteiger partial charge is 0.231 e. The molecule has 0 aromatic heterocycles. The Labute approximate surface area is 126 Å². The summed E-state index contributed by atoms with van der Waals surface area (Å²) in [5.41, 5.74) is 0.636. The van der Waals surface area contributed by atoms with Crippen molar-refractivity contribution in [2.45, 2.75) is 13.3 Å². The normalized spacial score (nSPS) is 12.3. The first-order valence-electron chi connectivity index (χ1n) is 6.78. The number of ether oxygens (including phenoxy) is 2. The third kappa shape index (κ3) is 2.45. The molecule has 0 saturated carbocycles. The first-order chi connectivity index (χ1) is 10.6. The number of carbonyl (C=O) groups excluding carboxylic acids is 2. The van der Waals surface area contributed by atoms with Crippen LogP contribution in [-0.4, -0.2) is 18.4 Å². The van der Waals surface area contributed by atoms with E-state index in [1.165, 1.54) is 25.1 Å². The van der Waals surface area contributed by atoms with Crippen LogP contribution < -0.4 is 9.47 Å². The summed E-state index contributed by atoms with van der Waals surface area (Å²) >= 11 is 0. The Morgan fingerprint density at radius 1 is 1.14 bits per heavy atom. The zero-order valence-electron chi connectivity index (χ0n) is 11.9. The first kappa shape index (κ1) is 14.3. The number of benzene rings is 2. The Kier molecular flexibility index (Phi) is 3.63. The van der Waals surface area contributed by atoms with Gasteiger partial charge in [0.15, 0.2) is 17.3 Å². The average Bonchev–Trinajstić information content (AvgIpc) is 2.94. The molecule has 112 valence electrons. The van der Waals surface area contributed by atoms with Crippen molar-refractivity contribution in [2.24, 2.45) is 0 Å². The van der Waals surface area contributed by atoms with Gasteiger partial charge in [-0.3, -0.25) is 9.59 Å². The average molecular weight is 300 g/mol. The van der Waals surface area contributed by atoms with E-state index in [1.54, 1.807) is 18.2 Å². The second-order valence-electron chi connectivity index (χ2n) is 5.02. The van der Waals surface area contributed by atoms with Crippen LogP contribution in [0.25, 0.3) is 0 Å². The third-order valence-electron chi connectivity index (χ3n) is 3.41. The van der Waals surface area contributed by atoms with Gasteiger partial charge in [0.1, 0.15) is 11.6 Å². The molecule has 0 atom stereocenters. The Bertz CT molecular complexity index is 767. The van der Waals surface area contributed by atoms with E-state index in [0.717, 1.165) is 0 Å². The minimum atomic E-state index is -0.613. The summed E-state index contributed by atoms with van der Waals surface area (Å²) in [7, 11) is 0. The van der Waals surface area contributed by atoms with Crippen LogP contribution in [0.5, 0.6) is 11.5 Å². The molecule has 2 aromatic rings. The molecule has 0 spiro atoms. The predicted molar refractivity (Wildman–Crippen MR) is 76.8 cm³/mol. The van der Waals surface area contributed by atoms with E-state index in [4.69, 9.17) is 9.47 Å². The van der Waals surface area contributed by atoms with Crippen molar-refractivity contribution >= 4 is 11.6 Å². The highest BCUT2D eigenvalue weighted by Crippen LogP contribution is 2.39. The molecule has 0 aliphatic carbocycles. The zero-order chi connectivity index (χ0) is 15.7. The number of rotatable bonds is 4. The summed E-state index contributed by atoms with van der Waals surface area (Å²) < 4.78 is 24.5. The summed E-state index contributed by atoms with van der Waals surface area (Å²) in [6.45, 7) is 1.43. The molecule has 0 N–H and O–H groups in total. The molecule has 5 heteroatoms. The molecule has 1 aliphatic heterocycles. The van der Waals surface area contributed by atoms with Gasteiger partial charge >= 0.3 is 0 Å². The van der Waals surface area contributed by atoms with Gasteiger partial charge in [-0.15, -0.1) is 0 Å². The van der Waals surface area contributed by atoms with Crippen molar-refractivity contribution in [3.05, 3.63) is 58.9 Å². The molecule has 3 rings (SSSR count). The molecule has 2 aromatic carbocycles. The number of fused-ring (bicyclic) bond motifs is 1. The van der Waals surface area contributed by atoms with Crippen LogP contribution in [0.15, 0.2) is 36.4 Å². The molecular weight excluding hydrogens is 287 g/mol. The summed E-state index contributed by atoms with van der Waals surface area (Å²) in [5.74, 6) is -0.532. The summed E-state index contributed by atoms with van der Waals surface area (Å²) in [6.07, 6.45) is 0.0756. The number of hydrogen-bond donors (Lipinski definition) is 0. The number of ketones is 2. The Balaban J connectivity index is 2.16. The zero-order valence-corrected chi connectivity index (χ0v) is 11.9. The van der Waals surface area contributed by atoms with E-state index < -0.39 is 11.6 Å². The van der Waals surface area contributed by atoms with E-state index >= 15 is 0 Å². The molecule has 0 bridgehead atoms. The van der Waals surface area contributed by atoms with Crippen LogP contribution in [0.4, 0.5) is 4.39 Å². The molecule has 1 heterocycles. The molecule has 0 saturated heterocycles. The number of halogens is 1. The summed E-state index contributed by atoms with van der Waals surface area (Å²) in [6, 6.07) is 9.02. The van der Waals surface area contributed by atoms with E-state index in [0.29, 0.717) is 11.3 Å². The van der Waals surface area contributed by atoms with E-state index in [-0.39, 0.29) is 35.9 Å². The molecule has 0 unspecified atom stereocenters. The standard InChI is InChI=1S/C17H13FO4/c1-10(19)8-11-6-7-14-17(22-9-21-14)15(11)16(20)12-4-2-3-5-13(12)18/h2-7H,8-9H2,1H3. The fourth-order valence-corrected chi connectivity index (χ4v) is 2.46. The van der Waals surface area contributed by atoms with Gasteiger partial charge in [0.05, 0.1) is 11.1 Å². The lowest BCUT2D eigenvalue weighted by Crippen LogP contribution is -2.11. The van der Waals surface area contributed by atoms with Crippen molar-refractivity contribution in [1.29, 1.82) is 0 Å². The SMILES string of the molecule is CC(=O)Cc1ccc2c(c1C(=O)c1ccccc1F)OCO2. The molecule has 0 fully saturated rings. The molecule has 4 nitrogen and oxygen atoms in total. The van der Waals surface area contributed by atoms with Crippen LogP contribution in [0.3, 0.4) is 0 Å². The lowest BCUT2D eigenvalue weighted by molar-refractivity contribution is -0.116. The fourth-order valence-electron chi connectivity index (χ4n) is 2.46. The van der Waals surface area contributed by atoms with Crippen molar-refractivity contribution in [3.8, 4) is 11.5 Å². The highest BCUT2D eigenvalue weighted by Gasteiger charge is 2.27. The summed E-state index contributed by atoms with van der Waals surface area (Å²) in [4.78, 5) is 24.2. The van der Waals surface area contributed by atoms with Gasteiger partial charge in [-0.25, -0.2) is 4.39 Å². The van der Waals surface area contributed by atoms with Crippen LogP contribution in [0, 0.1) is 5.82 Å². The highest BCUT2D eigenvalue weighted by atomic mass is 19.1. The second kappa shape index (κ2) is 5.60. The van der Waals surface area contributed by atoms with Gasteiger partial charge < -0.3 is 9.47 Å².